The second-order valence-electron chi connectivity index (χ2n) is 9.52. The lowest BCUT2D eigenvalue weighted by Gasteiger charge is -2.23. The highest BCUT2D eigenvalue weighted by molar-refractivity contribution is 6.44. The number of amides is 4. The van der Waals surface area contributed by atoms with E-state index in [1.54, 1.807) is 60.7 Å². The number of phenolic OH excluding ortho intramolecular Hbond substituents is 2. The molecule has 6 N–H and O–H groups in total. The second-order valence-corrected chi connectivity index (χ2v) is 10.3. The monoisotopic (exact) mass is 675 g/mol. The number of carbonyl (C=O) groups excluding carboxylic acids is 2. The molecule has 14 heteroatoms. The Hall–Kier alpha value is -5.98. The molecule has 47 heavy (non-hydrogen) atoms. The number of benzene rings is 5. The fourth-order valence-electron chi connectivity index (χ4n) is 4.36. The van der Waals surface area contributed by atoms with Gasteiger partial charge in [0.1, 0.15) is 17.2 Å². The first-order valence-corrected chi connectivity index (χ1v) is 14.4. The third-order valence-electron chi connectivity index (χ3n) is 6.53. The number of phenols is 2. The van der Waals surface area contributed by atoms with Gasteiger partial charge in [0, 0.05) is 17.7 Å². The third kappa shape index (κ3) is 8.19. The van der Waals surface area contributed by atoms with E-state index in [1.807, 2.05) is 30.3 Å². The van der Waals surface area contributed by atoms with Crippen LogP contribution < -0.4 is 26.0 Å². The van der Waals surface area contributed by atoms with Crippen LogP contribution in [0.4, 0.5) is 38.0 Å². The number of para-hydroxylation sites is 3. The van der Waals surface area contributed by atoms with Gasteiger partial charge in [-0.1, -0.05) is 83.9 Å². The molecule has 4 amide bonds. The Morgan fingerprint density at radius 3 is 2.15 bits per heavy atom. The number of ether oxygens (including phenoxy) is 1. The first-order chi connectivity index (χ1) is 22.5. The number of carbonyl (C=O) groups is 2. The van der Waals surface area contributed by atoms with E-state index in [2.05, 4.69) is 10.6 Å². The van der Waals surface area contributed by atoms with E-state index in [1.165, 1.54) is 7.11 Å². The number of halogens is 2. The van der Waals surface area contributed by atoms with Gasteiger partial charge in [0.2, 0.25) is 0 Å². The number of hydrogen-bond acceptors (Lipinski definition) is 7. The lowest BCUT2D eigenvalue weighted by atomic mass is 10.0. The van der Waals surface area contributed by atoms with Crippen molar-refractivity contribution in [1.82, 2.24) is 0 Å². The third-order valence-corrected chi connectivity index (χ3v) is 7.34. The van der Waals surface area contributed by atoms with Gasteiger partial charge >= 0.3 is 12.1 Å². The van der Waals surface area contributed by atoms with Crippen molar-refractivity contribution in [3.05, 3.63) is 129 Å². The number of primary amides is 1. The summed E-state index contributed by atoms with van der Waals surface area (Å²) in [6.45, 7) is 0. The maximum atomic E-state index is 12.2. The summed E-state index contributed by atoms with van der Waals surface area (Å²) < 4.78 is 5.15. The highest BCUT2D eigenvalue weighted by Crippen LogP contribution is 2.40. The predicted octanol–water partition coefficient (Wildman–Crippen LogP) is 8.54. The van der Waals surface area contributed by atoms with E-state index in [0.717, 1.165) is 28.7 Å². The van der Waals surface area contributed by atoms with Crippen molar-refractivity contribution in [3.8, 4) is 28.4 Å². The highest BCUT2D eigenvalue weighted by Gasteiger charge is 2.24. The number of anilines is 4. The molecule has 0 bridgehead atoms. The molecule has 12 nitrogen and oxygen atoms in total. The van der Waals surface area contributed by atoms with Gasteiger partial charge in [0.05, 0.1) is 44.8 Å². The molecule has 0 radical (unpaired) electrons. The van der Waals surface area contributed by atoms with E-state index in [-0.39, 0.29) is 39.3 Å². The summed E-state index contributed by atoms with van der Waals surface area (Å²) in [6.07, 6.45) is 0. The minimum Gasteiger partial charge on any atom is -0.506 e. The lowest BCUT2D eigenvalue weighted by molar-refractivity contribution is -0.384. The zero-order valence-corrected chi connectivity index (χ0v) is 26.1. The number of nitrogens with zero attached hydrogens (tertiary/aromatic N) is 2. The Morgan fingerprint density at radius 1 is 0.830 bits per heavy atom. The average Bonchev–Trinajstić information content (AvgIpc) is 3.06. The molecular weight excluding hydrogens is 649 g/mol. The van der Waals surface area contributed by atoms with E-state index in [0.29, 0.717) is 22.0 Å². The maximum Gasteiger partial charge on any atom is 0.324 e. The summed E-state index contributed by atoms with van der Waals surface area (Å²) >= 11 is 12.0. The number of rotatable bonds is 7. The molecule has 0 heterocycles. The van der Waals surface area contributed by atoms with E-state index in [9.17, 15) is 29.9 Å². The Kier molecular flexibility index (Phi) is 11.1. The number of nitrogens with one attached hydrogen (secondary N) is 2. The first-order valence-electron chi connectivity index (χ1n) is 13.6. The summed E-state index contributed by atoms with van der Waals surface area (Å²) in [7, 11) is 1.41. The Bertz CT molecular complexity index is 1930. The number of nitro benzene ring substituents is 1. The molecule has 0 spiro atoms. The number of methoxy groups -OCH3 is 1. The molecule has 240 valence electrons. The number of urea groups is 2. The van der Waals surface area contributed by atoms with Crippen LogP contribution >= 0.6 is 23.2 Å². The molecule has 0 aromatic heterocycles. The normalized spacial score (nSPS) is 10.2. The molecule has 0 fully saturated rings. The minimum atomic E-state index is -0.916. The van der Waals surface area contributed by atoms with Gasteiger partial charge in [-0.25, -0.2) is 9.59 Å². The highest BCUT2D eigenvalue weighted by atomic mass is 35.5. The van der Waals surface area contributed by atoms with E-state index < -0.39 is 17.0 Å². The fourth-order valence-corrected chi connectivity index (χ4v) is 4.71. The molecule has 5 rings (SSSR count). The number of nitrogens with two attached hydrogens (primary N) is 1. The van der Waals surface area contributed by atoms with Gasteiger partial charge < -0.3 is 31.3 Å². The zero-order valence-electron chi connectivity index (χ0n) is 24.6. The van der Waals surface area contributed by atoms with Gasteiger partial charge in [-0.05, 0) is 42.0 Å². The number of nitro groups is 1. The molecule has 0 unspecified atom stereocenters. The Labute approximate surface area is 278 Å². The smallest absolute Gasteiger partial charge is 0.324 e. The van der Waals surface area contributed by atoms with Crippen LogP contribution in [0.2, 0.25) is 10.0 Å². The molecule has 0 aliphatic heterocycles. The van der Waals surface area contributed by atoms with Crippen molar-refractivity contribution >= 4 is 63.7 Å². The fraction of sp³-hybridized carbons (Fsp3) is 0.0303. The summed E-state index contributed by atoms with van der Waals surface area (Å²) in [6, 6.07) is 27.8. The summed E-state index contributed by atoms with van der Waals surface area (Å²) in [4.78, 5) is 35.2. The molecule has 0 aliphatic rings. The van der Waals surface area contributed by atoms with Gasteiger partial charge in [0.25, 0.3) is 5.69 Å². The summed E-state index contributed by atoms with van der Waals surface area (Å²) in [5.74, 6) is -0.0106. The minimum absolute atomic E-state index is 0.0129. The van der Waals surface area contributed by atoms with Crippen LogP contribution in [0.5, 0.6) is 17.2 Å². The van der Waals surface area contributed by atoms with Crippen molar-refractivity contribution in [2.45, 2.75) is 0 Å². The number of aromatic hydroxyl groups is 2. The molecule has 0 saturated heterocycles. The molecule has 0 saturated carbocycles. The van der Waals surface area contributed by atoms with Crippen molar-refractivity contribution in [2.24, 2.45) is 5.73 Å². The van der Waals surface area contributed by atoms with Gasteiger partial charge in [0.15, 0.2) is 0 Å². The SMILES string of the molecule is COc1ccccc1N(C(N)=O)c1cc([N+](=O)[O-])ccc1O.O=C(Nc1cccc(-c2ccccc2)c1O)Nc1cccc(Cl)c1Cl. The van der Waals surface area contributed by atoms with Crippen LogP contribution in [0.3, 0.4) is 0 Å². The van der Waals surface area contributed by atoms with Crippen LogP contribution in [-0.2, 0) is 0 Å². The van der Waals surface area contributed by atoms with Gasteiger partial charge in [-0.2, -0.15) is 0 Å². The molecule has 0 atom stereocenters. The van der Waals surface area contributed by atoms with E-state index in [4.69, 9.17) is 33.7 Å². The first kappa shape index (κ1) is 33.9. The van der Waals surface area contributed by atoms with Crippen LogP contribution in [0, 0.1) is 10.1 Å². The van der Waals surface area contributed by atoms with Crippen molar-refractivity contribution < 1.29 is 29.5 Å². The quantitative estimate of drug-likeness (QED) is 0.0651. The van der Waals surface area contributed by atoms with Gasteiger partial charge in [-0.15, -0.1) is 0 Å². The number of hydrogen-bond donors (Lipinski definition) is 5. The molecular formula is C33H27Cl2N5O7. The summed E-state index contributed by atoms with van der Waals surface area (Å²) in [5, 5.41) is 37.1. The number of non-ortho nitro benzene ring substituents is 1. The molecule has 0 aliphatic carbocycles. The topological polar surface area (TPSA) is 180 Å². The van der Waals surface area contributed by atoms with Gasteiger partial charge in [-0.3, -0.25) is 15.0 Å². The zero-order chi connectivity index (χ0) is 34.1. The predicted molar refractivity (Wildman–Crippen MR) is 182 cm³/mol. The van der Waals surface area contributed by atoms with Crippen LogP contribution in [0.1, 0.15) is 0 Å². The van der Waals surface area contributed by atoms with Crippen molar-refractivity contribution in [1.29, 1.82) is 0 Å². The standard InChI is InChI=1S/C19H14Cl2N2O2.C14H13N3O5/c20-14-9-5-10-15(17(14)21)22-19(25)23-16-11-4-8-13(18(16)24)12-6-2-1-3-7-12;1-22-13-5-3-2-4-10(13)16(14(15)19)11-8-9(17(20)21)6-7-12(11)18/h1-11,24H,(H2,22,23,25);2-8,18H,1H3,(H2,15,19). The maximum absolute atomic E-state index is 12.2. The molecule has 5 aromatic rings. The second kappa shape index (κ2) is 15.3. The van der Waals surface area contributed by atoms with Crippen LogP contribution in [0.25, 0.3) is 11.1 Å². The molecule has 5 aromatic carbocycles. The largest absolute Gasteiger partial charge is 0.506 e. The lowest BCUT2D eigenvalue weighted by Crippen LogP contribution is -2.31. The van der Waals surface area contributed by atoms with E-state index >= 15 is 0 Å². The van der Waals surface area contributed by atoms with Crippen molar-refractivity contribution in [3.63, 3.8) is 0 Å². The van der Waals surface area contributed by atoms with Crippen LogP contribution in [0.15, 0.2) is 109 Å². The Morgan fingerprint density at radius 2 is 1.47 bits per heavy atom. The van der Waals surface area contributed by atoms with Crippen LogP contribution in [-0.4, -0.2) is 34.3 Å². The summed E-state index contributed by atoms with van der Waals surface area (Å²) in [5.41, 5.74) is 7.38. The van der Waals surface area contributed by atoms with Crippen molar-refractivity contribution in [2.75, 3.05) is 22.6 Å². The average molecular weight is 677 g/mol. The Balaban J connectivity index is 0.000000215.